The maximum absolute atomic E-state index is 12.0. The Hall–Kier alpha value is -1.36. The number of nitrogens with zero attached hydrogens (tertiary/aromatic N) is 1. The predicted molar refractivity (Wildman–Crippen MR) is 72.7 cm³/mol. The van der Waals surface area contributed by atoms with E-state index in [1.807, 2.05) is 20.8 Å². The van der Waals surface area contributed by atoms with E-state index in [1.54, 1.807) is 0 Å². The minimum absolute atomic E-state index is 0.0821. The topological polar surface area (TPSA) is 67.2 Å². The van der Waals surface area contributed by atoms with Crippen molar-refractivity contribution in [1.82, 2.24) is 15.8 Å². The van der Waals surface area contributed by atoms with Crippen LogP contribution in [0.25, 0.3) is 0 Å². The minimum Gasteiger partial charge on any atom is -0.361 e. The lowest BCUT2D eigenvalue weighted by atomic mass is 10.2. The van der Waals surface area contributed by atoms with Crippen molar-refractivity contribution in [3.8, 4) is 0 Å². The molecule has 1 aliphatic rings. The van der Waals surface area contributed by atoms with Crippen LogP contribution in [0.5, 0.6) is 0 Å². The Bertz CT molecular complexity index is 416. The van der Waals surface area contributed by atoms with Crippen molar-refractivity contribution in [2.45, 2.75) is 65.1 Å². The molecule has 1 heterocycles. The van der Waals surface area contributed by atoms with Crippen LogP contribution in [0.1, 0.15) is 49.6 Å². The fraction of sp³-hybridized carbons (Fsp3) is 0.714. The Morgan fingerprint density at radius 3 is 2.68 bits per heavy atom. The number of nitrogens with one attached hydrogen (secondary N) is 2. The fourth-order valence-corrected chi connectivity index (χ4v) is 2.50. The van der Waals surface area contributed by atoms with E-state index in [2.05, 4.69) is 15.8 Å². The second-order valence-electron chi connectivity index (χ2n) is 5.40. The van der Waals surface area contributed by atoms with Gasteiger partial charge in [0.2, 0.25) is 5.91 Å². The number of hydrogen-bond donors (Lipinski definition) is 2. The molecule has 19 heavy (non-hydrogen) atoms. The minimum atomic E-state index is -0.200. The number of amides is 1. The zero-order valence-electron chi connectivity index (χ0n) is 12.0. The molecule has 5 nitrogen and oxygen atoms in total. The van der Waals surface area contributed by atoms with Gasteiger partial charge in [-0.2, -0.15) is 0 Å². The molecule has 0 radical (unpaired) electrons. The van der Waals surface area contributed by atoms with Gasteiger partial charge in [-0.25, -0.2) is 0 Å². The van der Waals surface area contributed by atoms with E-state index in [0.29, 0.717) is 12.6 Å². The predicted octanol–water partition coefficient (Wildman–Crippen LogP) is 1.83. The van der Waals surface area contributed by atoms with E-state index in [4.69, 9.17) is 4.52 Å². The van der Waals surface area contributed by atoms with Crippen molar-refractivity contribution in [3.63, 3.8) is 0 Å². The highest BCUT2D eigenvalue weighted by atomic mass is 16.5. The van der Waals surface area contributed by atoms with Gasteiger partial charge in [-0.05, 0) is 33.6 Å². The van der Waals surface area contributed by atoms with Crippen LogP contribution in [0.4, 0.5) is 0 Å². The Kier molecular flexibility index (Phi) is 4.58. The van der Waals surface area contributed by atoms with Crippen LogP contribution in [-0.2, 0) is 11.3 Å². The van der Waals surface area contributed by atoms with Crippen molar-refractivity contribution < 1.29 is 9.32 Å². The summed E-state index contributed by atoms with van der Waals surface area (Å²) in [7, 11) is 0. The second-order valence-corrected chi connectivity index (χ2v) is 5.40. The summed E-state index contributed by atoms with van der Waals surface area (Å²) >= 11 is 0. The second kappa shape index (κ2) is 6.19. The number of aromatic nitrogens is 1. The molecule has 1 fully saturated rings. The first-order chi connectivity index (χ1) is 9.08. The summed E-state index contributed by atoms with van der Waals surface area (Å²) in [5, 5.41) is 10.2. The molecule has 1 aromatic heterocycles. The van der Waals surface area contributed by atoms with Gasteiger partial charge in [-0.15, -0.1) is 0 Å². The van der Waals surface area contributed by atoms with Crippen LogP contribution < -0.4 is 10.6 Å². The van der Waals surface area contributed by atoms with Crippen molar-refractivity contribution >= 4 is 5.91 Å². The van der Waals surface area contributed by atoms with Crippen LogP contribution in [-0.4, -0.2) is 23.1 Å². The van der Waals surface area contributed by atoms with Gasteiger partial charge in [0, 0.05) is 18.2 Å². The maximum Gasteiger partial charge on any atom is 0.237 e. The van der Waals surface area contributed by atoms with E-state index in [9.17, 15) is 4.79 Å². The summed E-state index contributed by atoms with van der Waals surface area (Å²) < 4.78 is 5.11. The van der Waals surface area contributed by atoms with Crippen LogP contribution >= 0.6 is 0 Å². The van der Waals surface area contributed by atoms with Crippen molar-refractivity contribution in [1.29, 1.82) is 0 Å². The molecular formula is C14H23N3O2. The van der Waals surface area contributed by atoms with Crippen molar-refractivity contribution in [2.75, 3.05) is 0 Å². The summed E-state index contributed by atoms with van der Waals surface area (Å²) in [4.78, 5) is 12.0. The van der Waals surface area contributed by atoms with E-state index in [-0.39, 0.29) is 11.9 Å². The van der Waals surface area contributed by atoms with Crippen LogP contribution in [0.2, 0.25) is 0 Å². The number of hydrogen-bond acceptors (Lipinski definition) is 4. The Balaban J connectivity index is 1.80. The molecule has 0 bridgehead atoms. The summed E-state index contributed by atoms with van der Waals surface area (Å²) in [6, 6.07) is 0.171. The zero-order valence-corrected chi connectivity index (χ0v) is 12.0. The first-order valence-corrected chi connectivity index (χ1v) is 7.03. The smallest absolute Gasteiger partial charge is 0.237 e. The normalized spacial score (nSPS) is 17.6. The van der Waals surface area contributed by atoms with Gasteiger partial charge in [0.05, 0.1) is 11.7 Å². The fourth-order valence-electron chi connectivity index (χ4n) is 2.50. The van der Waals surface area contributed by atoms with Gasteiger partial charge < -0.3 is 15.2 Å². The van der Waals surface area contributed by atoms with E-state index >= 15 is 0 Å². The third-order valence-electron chi connectivity index (χ3n) is 3.86. The summed E-state index contributed by atoms with van der Waals surface area (Å²) in [5.41, 5.74) is 1.92. The van der Waals surface area contributed by atoms with Crippen LogP contribution in [0, 0.1) is 13.8 Å². The first kappa shape index (κ1) is 14.1. The first-order valence-electron chi connectivity index (χ1n) is 7.03. The lowest BCUT2D eigenvalue weighted by Gasteiger charge is -2.17. The largest absolute Gasteiger partial charge is 0.361 e. The third kappa shape index (κ3) is 3.56. The van der Waals surface area contributed by atoms with E-state index < -0.39 is 0 Å². The van der Waals surface area contributed by atoms with Gasteiger partial charge in [-0.3, -0.25) is 4.79 Å². The van der Waals surface area contributed by atoms with Gasteiger partial charge in [-0.1, -0.05) is 18.0 Å². The monoisotopic (exact) mass is 265 g/mol. The molecular weight excluding hydrogens is 242 g/mol. The van der Waals surface area contributed by atoms with E-state index in [0.717, 1.165) is 29.9 Å². The van der Waals surface area contributed by atoms with Gasteiger partial charge in [0.15, 0.2) is 0 Å². The quantitative estimate of drug-likeness (QED) is 0.852. The Morgan fingerprint density at radius 1 is 1.42 bits per heavy atom. The molecule has 2 N–H and O–H groups in total. The van der Waals surface area contributed by atoms with Gasteiger partial charge in [0.1, 0.15) is 5.76 Å². The highest BCUT2D eigenvalue weighted by molar-refractivity contribution is 5.81. The molecule has 1 unspecified atom stereocenters. The molecule has 1 aliphatic carbocycles. The standard InChI is InChI=1S/C14H23N3O2/c1-9-13(11(3)19-17-9)8-15-10(2)14(18)16-12-6-4-5-7-12/h10,12,15H,4-8H2,1-3H3,(H,16,18). The molecule has 1 amide bonds. The number of aryl methyl sites for hydroxylation is 2. The maximum atomic E-state index is 12.0. The molecule has 1 saturated carbocycles. The average Bonchev–Trinajstić information content (AvgIpc) is 2.98. The van der Waals surface area contributed by atoms with Crippen LogP contribution in [0.15, 0.2) is 4.52 Å². The van der Waals surface area contributed by atoms with Crippen molar-refractivity contribution in [3.05, 3.63) is 17.0 Å². The Labute approximate surface area is 114 Å². The summed E-state index contributed by atoms with van der Waals surface area (Å²) in [5.74, 6) is 0.895. The molecule has 1 aromatic rings. The van der Waals surface area contributed by atoms with Crippen LogP contribution in [0.3, 0.4) is 0 Å². The molecule has 0 saturated heterocycles. The molecule has 1 atom stereocenters. The van der Waals surface area contributed by atoms with Gasteiger partial charge >= 0.3 is 0 Å². The molecule has 106 valence electrons. The molecule has 0 spiro atoms. The number of carbonyl (C=O) groups excluding carboxylic acids is 1. The highest BCUT2D eigenvalue weighted by Crippen LogP contribution is 2.17. The number of rotatable bonds is 5. The average molecular weight is 265 g/mol. The molecule has 0 aromatic carbocycles. The van der Waals surface area contributed by atoms with Gasteiger partial charge in [0.25, 0.3) is 0 Å². The zero-order chi connectivity index (χ0) is 13.8. The highest BCUT2D eigenvalue weighted by Gasteiger charge is 2.20. The molecule has 5 heteroatoms. The SMILES string of the molecule is Cc1noc(C)c1CNC(C)C(=O)NC1CCCC1. The molecule has 0 aliphatic heterocycles. The van der Waals surface area contributed by atoms with Crippen molar-refractivity contribution in [2.24, 2.45) is 0 Å². The lowest BCUT2D eigenvalue weighted by Crippen LogP contribution is -2.45. The lowest BCUT2D eigenvalue weighted by molar-refractivity contribution is -0.123. The third-order valence-corrected chi connectivity index (χ3v) is 3.86. The summed E-state index contributed by atoms with van der Waals surface area (Å²) in [6.45, 7) is 6.31. The summed E-state index contributed by atoms with van der Waals surface area (Å²) in [6.07, 6.45) is 4.68. The Morgan fingerprint density at radius 2 is 2.11 bits per heavy atom. The number of carbonyl (C=O) groups is 1. The molecule has 2 rings (SSSR count). The van der Waals surface area contributed by atoms with E-state index in [1.165, 1.54) is 12.8 Å².